The molecule has 0 radical (unpaired) electrons. The number of rotatable bonds is 7. The van der Waals surface area contributed by atoms with Gasteiger partial charge in [-0.3, -0.25) is 14.4 Å². The zero-order valence-corrected chi connectivity index (χ0v) is 19.9. The molecule has 6 nitrogen and oxygen atoms in total. The third kappa shape index (κ3) is 6.22. The van der Waals surface area contributed by atoms with E-state index in [1.165, 1.54) is 16.9 Å². The van der Waals surface area contributed by atoms with Crippen molar-refractivity contribution in [1.29, 1.82) is 0 Å². The molecule has 0 aliphatic carbocycles. The molecule has 0 spiro atoms. The summed E-state index contributed by atoms with van der Waals surface area (Å²) in [7, 11) is 0. The molecule has 1 unspecified atom stereocenters. The lowest BCUT2D eigenvalue weighted by atomic mass is 9.87. The van der Waals surface area contributed by atoms with E-state index in [9.17, 15) is 14.4 Å². The lowest BCUT2D eigenvalue weighted by molar-refractivity contribution is -0.137. The summed E-state index contributed by atoms with van der Waals surface area (Å²) in [5.41, 5.74) is 1.17. The summed E-state index contributed by atoms with van der Waals surface area (Å²) in [5, 5.41) is 4.92. The van der Waals surface area contributed by atoms with Gasteiger partial charge in [-0.1, -0.05) is 36.4 Å². The highest BCUT2D eigenvalue weighted by molar-refractivity contribution is 7.12. The number of likely N-dealkylation sites (tertiary alicyclic amines) is 2. The Morgan fingerprint density at radius 1 is 0.909 bits per heavy atom. The fourth-order valence-corrected chi connectivity index (χ4v) is 5.48. The first kappa shape index (κ1) is 23.5. The van der Waals surface area contributed by atoms with E-state index in [-0.39, 0.29) is 23.6 Å². The molecular weight excluding hydrogens is 434 g/mol. The highest BCUT2D eigenvalue weighted by Crippen LogP contribution is 2.25. The van der Waals surface area contributed by atoms with Gasteiger partial charge in [-0.15, -0.1) is 11.3 Å². The van der Waals surface area contributed by atoms with Gasteiger partial charge >= 0.3 is 0 Å². The Kier molecular flexibility index (Phi) is 8.15. The molecule has 1 aromatic carbocycles. The van der Waals surface area contributed by atoms with E-state index in [2.05, 4.69) is 5.32 Å². The maximum atomic E-state index is 13.4. The Morgan fingerprint density at radius 2 is 1.64 bits per heavy atom. The average molecular weight is 468 g/mol. The fraction of sp³-hybridized carbons (Fsp3) is 0.500. The second-order valence-electron chi connectivity index (χ2n) is 9.02. The molecule has 0 bridgehead atoms. The van der Waals surface area contributed by atoms with Crippen molar-refractivity contribution in [1.82, 2.24) is 15.1 Å². The summed E-state index contributed by atoms with van der Waals surface area (Å²) in [6.45, 7) is 2.80. The van der Waals surface area contributed by atoms with Crippen LogP contribution in [-0.2, 0) is 16.0 Å². The summed E-state index contributed by atoms with van der Waals surface area (Å²) in [6.07, 6.45) is 5.89. The average Bonchev–Trinajstić information content (AvgIpc) is 3.42. The van der Waals surface area contributed by atoms with Gasteiger partial charge in [-0.2, -0.15) is 0 Å². The van der Waals surface area contributed by atoms with Crippen LogP contribution in [0.2, 0.25) is 0 Å². The van der Waals surface area contributed by atoms with Crippen LogP contribution in [0, 0.1) is 5.92 Å². The van der Waals surface area contributed by atoms with Crippen LogP contribution in [0.15, 0.2) is 47.8 Å². The molecule has 2 saturated heterocycles. The highest BCUT2D eigenvalue weighted by atomic mass is 32.1. The van der Waals surface area contributed by atoms with Crippen LogP contribution >= 0.6 is 11.3 Å². The molecular formula is C26H33N3O3S. The molecule has 3 amide bonds. The molecule has 2 aliphatic heterocycles. The van der Waals surface area contributed by atoms with E-state index in [4.69, 9.17) is 0 Å². The standard InChI is InChI=1S/C26H33N3O3S/c30-23(12-11-20-8-3-1-4-9-20)28-17-13-21(14-18-28)24(26(32)29-15-5-2-6-16-29)27-25(31)22-10-7-19-33-22/h1,3-4,7-10,19,21,24H,2,5-6,11-18H2,(H,27,31). The molecule has 1 N–H and O–H groups in total. The summed E-state index contributed by atoms with van der Waals surface area (Å²) in [4.78, 5) is 43.4. The van der Waals surface area contributed by atoms with Gasteiger partial charge in [0.05, 0.1) is 4.88 Å². The number of nitrogens with zero attached hydrogens (tertiary/aromatic N) is 2. The molecule has 7 heteroatoms. The number of amides is 3. The van der Waals surface area contributed by atoms with Gasteiger partial charge in [0.1, 0.15) is 6.04 Å². The molecule has 33 heavy (non-hydrogen) atoms. The minimum absolute atomic E-state index is 0.0356. The number of nitrogens with one attached hydrogen (secondary N) is 1. The Labute approximate surface area is 200 Å². The molecule has 0 saturated carbocycles. The van der Waals surface area contributed by atoms with E-state index in [1.807, 2.05) is 51.6 Å². The van der Waals surface area contributed by atoms with Crippen molar-refractivity contribution in [3.63, 3.8) is 0 Å². The first-order chi connectivity index (χ1) is 16.1. The predicted molar refractivity (Wildman–Crippen MR) is 130 cm³/mol. The van der Waals surface area contributed by atoms with Crippen LogP contribution in [0.4, 0.5) is 0 Å². The normalized spacial score (nSPS) is 18.1. The molecule has 2 fully saturated rings. The largest absolute Gasteiger partial charge is 0.343 e. The van der Waals surface area contributed by atoms with Gasteiger partial charge in [-0.25, -0.2) is 0 Å². The molecule has 3 heterocycles. The smallest absolute Gasteiger partial charge is 0.262 e. The topological polar surface area (TPSA) is 69.7 Å². The lowest BCUT2D eigenvalue weighted by Crippen LogP contribution is -2.55. The summed E-state index contributed by atoms with van der Waals surface area (Å²) < 4.78 is 0. The molecule has 2 aliphatic rings. The molecule has 1 atom stereocenters. The van der Waals surface area contributed by atoms with Crippen LogP contribution in [0.1, 0.15) is 53.8 Å². The predicted octanol–water partition coefficient (Wildman–Crippen LogP) is 3.73. The van der Waals surface area contributed by atoms with Gasteiger partial charge in [0, 0.05) is 32.6 Å². The number of piperidine rings is 2. The van der Waals surface area contributed by atoms with Crippen LogP contribution < -0.4 is 5.32 Å². The zero-order valence-electron chi connectivity index (χ0n) is 19.1. The molecule has 1 aromatic heterocycles. The highest BCUT2D eigenvalue weighted by Gasteiger charge is 2.36. The number of hydrogen-bond donors (Lipinski definition) is 1. The van der Waals surface area contributed by atoms with Crippen molar-refractivity contribution in [2.45, 2.75) is 51.0 Å². The first-order valence-corrected chi connectivity index (χ1v) is 12.9. The van der Waals surface area contributed by atoms with Crippen molar-refractivity contribution in [2.75, 3.05) is 26.2 Å². The van der Waals surface area contributed by atoms with Crippen LogP contribution in [0.5, 0.6) is 0 Å². The minimum Gasteiger partial charge on any atom is -0.343 e. The van der Waals surface area contributed by atoms with Gasteiger partial charge in [0.25, 0.3) is 5.91 Å². The van der Waals surface area contributed by atoms with Crippen molar-refractivity contribution in [3.05, 3.63) is 58.3 Å². The van der Waals surface area contributed by atoms with Crippen molar-refractivity contribution in [2.24, 2.45) is 5.92 Å². The zero-order chi connectivity index (χ0) is 23.0. The minimum atomic E-state index is -0.528. The summed E-state index contributed by atoms with van der Waals surface area (Å²) in [6, 6.07) is 13.2. The Balaban J connectivity index is 1.36. The SMILES string of the molecule is O=C(NC(C(=O)N1CCCCC1)C1CCN(C(=O)CCc2ccccc2)CC1)c1cccs1. The summed E-state index contributed by atoms with van der Waals surface area (Å²) in [5.74, 6) is 0.0653. The van der Waals surface area contributed by atoms with E-state index in [0.717, 1.165) is 51.6 Å². The van der Waals surface area contributed by atoms with E-state index in [0.29, 0.717) is 24.4 Å². The van der Waals surface area contributed by atoms with E-state index < -0.39 is 6.04 Å². The van der Waals surface area contributed by atoms with Crippen molar-refractivity contribution < 1.29 is 14.4 Å². The Hall–Kier alpha value is -2.67. The maximum absolute atomic E-state index is 13.4. The Bertz CT molecular complexity index is 918. The number of carbonyl (C=O) groups is 3. The number of thiophene rings is 1. The number of hydrogen-bond acceptors (Lipinski definition) is 4. The fourth-order valence-electron chi connectivity index (χ4n) is 4.85. The third-order valence-corrected chi connectivity index (χ3v) is 7.67. The molecule has 176 valence electrons. The van der Waals surface area contributed by atoms with Crippen molar-refractivity contribution in [3.8, 4) is 0 Å². The number of carbonyl (C=O) groups excluding carboxylic acids is 3. The van der Waals surface area contributed by atoms with Crippen LogP contribution in [-0.4, -0.2) is 59.7 Å². The van der Waals surface area contributed by atoms with Gasteiger partial charge in [-0.05, 0) is 61.5 Å². The second kappa shape index (κ2) is 11.5. The van der Waals surface area contributed by atoms with Crippen molar-refractivity contribution >= 4 is 29.1 Å². The Morgan fingerprint density at radius 3 is 2.30 bits per heavy atom. The number of benzene rings is 1. The summed E-state index contributed by atoms with van der Waals surface area (Å²) >= 11 is 1.39. The van der Waals surface area contributed by atoms with Gasteiger partial charge in [0.2, 0.25) is 11.8 Å². The quantitative estimate of drug-likeness (QED) is 0.675. The first-order valence-electron chi connectivity index (χ1n) is 12.1. The maximum Gasteiger partial charge on any atom is 0.262 e. The molecule has 2 aromatic rings. The van der Waals surface area contributed by atoms with E-state index >= 15 is 0 Å². The van der Waals surface area contributed by atoms with Crippen LogP contribution in [0.3, 0.4) is 0 Å². The molecule has 4 rings (SSSR count). The second-order valence-corrected chi connectivity index (χ2v) is 9.97. The third-order valence-electron chi connectivity index (χ3n) is 6.80. The monoisotopic (exact) mass is 467 g/mol. The van der Waals surface area contributed by atoms with Gasteiger partial charge in [0.15, 0.2) is 0 Å². The van der Waals surface area contributed by atoms with Crippen LogP contribution in [0.25, 0.3) is 0 Å². The van der Waals surface area contributed by atoms with E-state index in [1.54, 1.807) is 6.07 Å². The lowest BCUT2D eigenvalue weighted by Gasteiger charge is -2.38. The van der Waals surface area contributed by atoms with Gasteiger partial charge < -0.3 is 15.1 Å². The number of aryl methyl sites for hydroxylation is 1.